The zero-order chi connectivity index (χ0) is 15.8. The summed E-state index contributed by atoms with van der Waals surface area (Å²) in [5, 5.41) is 7.96. The molecule has 2 rings (SSSR count). The van der Waals surface area contributed by atoms with Gasteiger partial charge in [-0.2, -0.15) is 0 Å². The molecular formula is C17H26N4O. The van der Waals surface area contributed by atoms with Crippen LogP contribution in [0.4, 0.5) is 0 Å². The molecule has 0 aliphatic carbocycles. The highest BCUT2D eigenvalue weighted by molar-refractivity contribution is 5.86. The summed E-state index contributed by atoms with van der Waals surface area (Å²) in [5.41, 5.74) is 3.86. The standard InChI is InChI=1S/C17H26N4O/c1-4-18-17(20-10-11-22-3)19-9-8-14-12-21-15-7-5-6-13(2)16(14)15/h5-7,12,21H,4,8-11H2,1-3H3,(H2,18,19,20). The normalized spacial score (nSPS) is 11.9. The van der Waals surface area contributed by atoms with Crippen molar-refractivity contribution in [1.82, 2.24) is 15.6 Å². The van der Waals surface area contributed by atoms with Crippen LogP contribution in [0.1, 0.15) is 18.1 Å². The lowest BCUT2D eigenvalue weighted by molar-refractivity contribution is 0.208. The van der Waals surface area contributed by atoms with Gasteiger partial charge in [0.1, 0.15) is 0 Å². The van der Waals surface area contributed by atoms with Crippen molar-refractivity contribution in [2.75, 3.05) is 33.4 Å². The number of benzene rings is 1. The number of rotatable bonds is 7. The quantitative estimate of drug-likeness (QED) is 0.417. The first kappa shape index (κ1) is 16.4. The van der Waals surface area contributed by atoms with E-state index in [9.17, 15) is 0 Å². The second-order valence-corrected chi connectivity index (χ2v) is 5.24. The Hall–Kier alpha value is -2.01. The number of fused-ring (bicyclic) bond motifs is 1. The van der Waals surface area contributed by atoms with Crippen molar-refractivity contribution in [1.29, 1.82) is 0 Å². The first-order valence-electron chi connectivity index (χ1n) is 7.83. The molecule has 0 saturated heterocycles. The van der Waals surface area contributed by atoms with Crippen LogP contribution < -0.4 is 10.6 Å². The fourth-order valence-electron chi connectivity index (χ4n) is 2.55. The van der Waals surface area contributed by atoms with E-state index in [0.717, 1.165) is 25.5 Å². The number of aliphatic imine (C=N–C) groups is 1. The average molecular weight is 302 g/mol. The Morgan fingerprint density at radius 1 is 1.32 bits per heavy atom. The van der Waals surface area contributed by atoms with Crippen LogP contribution in [-0.4, -0.2) is 44.3 Å². The Bertz CT molecular complexity index is 618. The van der Waals surface area contributed by atoms with Crippen LogP contribution in [0, 0.1) is 6.92 Å². The van der Waals surface area contributed by atoms with Gasteiger partial charge in [-0.25, -0.2) is 0 Å². The number of guanidine groups is 1. The summed E-state index contributed by atoms with van der Waals surface area (Å²) in [6.45, 7) is 7.22. The number of nitrogens with zero attached hydrogens (tertiary/aromatic N) is 1. The largest absolute Gasteiger partial charge is 0.383 e. The van der Waals surface area contributed by atoms with Crippen molar-refractivity contribution >= 4 is 16.9 Å². The maximum Gasteiger partial charge on any atom is 0.191 e. The minimum absolute atomic E-state index is 0.637. The summed E-state index contributed by atoms with van der Waals surface area (Å²) in [5.74, 6) is 0.844. The number of aromatic amines is 1. The van der Waals surface area contributed by atoms with Crippen molar-refractivity contribution in [3.8, 4) is 0 Å². The number of aromatic nitrogens is 1. The van der Waals surface area contributed by atoms with E-state index in [1.165, 1.54) is 22.0 Å². The van der Waals surface area contributed by atoms with Gasteiger partial charge in [0.25, 0.3) is 0 Å². The molecule has 3 N–H and O–H groups in total. The molecule has 0 fully saturated rings. The molecule has 0 aliphatic rings. The first-order chi connectivity index (χ1) is 10.8. The third kappa shape index (κ3) is 4.24. The summed E-state index contributed by atoms with van der Waals surface area (Å²) < 4.78 is 5.03. The second kappa shape index (κ2) is 8.44. The SMILES string of the molecule is CCNC(=NCCOC)NCCc1c[nH]c2cccc(C)c12. The minimum atomic E-state index is 0.637. The van der Waals surface area contributed by atoms with E-state index in [1.54, 1.807) is 7.11 Å². The number of H-pyrrole nitrogens is 1. The molecule has 5 nitrogen and oxygen atoms in total. The van der Waals surface area contributed by atoms with Crippen molar-refractivity contribution in [3.05, 3.63) is 35.5 Å². The minimum Gasteiger partial charge on any atom is -0.383 e. The molecule has 5 heteroatoms. The van der Waals surface area contributed by atoms with Crippen molar-refractivity contribution < 1.29 is 4.74 Å². The molecule has 22 heavy (non-hydrogen) atoms. The van der Waals surface area contributed by atoms with Gasteiger partial charge in [-0.05, 0) is 37.5 Å². The Morgan fingerprint density at radius 3 is 2.95 bits per heavy atom. The molecule has 0 bridgehead atoms. The van der Waals surface area contributed by atoms with Gasteiger partial charge in [-0.15, -0.1) is 0 Å². The summed E-state index contributed by atoms with van der Waals surface area (Å²) in [7, 11) is 1.69. The van der Waals surface area contributed by atoms with Crippen molar-refractivity contribution in [2.24, 2.45) is 4.99 Å². The van der Waals surface area contributed by atoms with Crippen LogP contribution in [0.5, 0.6) is 0 Å². The van der Waals surface area contributed by atoms with Gasteiger partial charge >= 0.3 is 0 Å². The maximum absolute atomic E-state index is 5.03. The third-order valence-electron chi connectivity index (χ3n) is 3.59. The first-order valence-corrected chi connectivity index (χ1v) is 7.83. The molecule has 2 aromatic rings. The van der Waals surface area contributed by atoms with Crippen LogP contribution in [0.25, 0.3) is 10.9 Å². The molecule has 1 aromatic carbocycles. The number of nitrogens with one attached hydrogen (secondary N) is 3. The van der Waals surface area contributed by atoms with Gasteiger partial charge in [0.05, 0.1) is 13.2 Å². The molecule has 0 amide bonds. The third-order valence-corrected chi connectivity index (χ3v) is 3.59. The van der Waals surface area contributed by atoms with Crippen LogP contribution >= 0.6 is 0 Å². The molecule has 0 radical (unpaired) electrons. The fourth-order valence-corrected chi connectivity index (χ4v) is 2.55. The van der Waals surface area contributed by atoms with E-state index < -0.39 is 0 Å². The molecule has 0 aliphatic heterocycles. The van der Waals surface area contributed by atoms with Crippen LogP contribution in [0.15, 0.2) is 29.4 Å². The van der Waals surface area contributed by atoms with Gasteiger partial charge in [0.15, 0.2) is 5.96 Å². The highest BCUT2D eigenvalue weighted by Crippen LogP contribution is 2.22. The zero-order valence-electron chi connectivity index (χ0n) is 13.7. The van der Waals surface area contributed by atoms with Gasteiger partial charge in [0.2, 0.25) is 0 Å². The van der Waals surface area contributed by atoms with E-state index >= 15 is 0 Å². The average Bonchev–Trinajstić information content (AvgIpc) is 2.92. The maximum atomic E-state index is 5.03. The van der Waals surface area contributed by atoms with E-state index in [4.69, 9.17) is 4.74 Å². The summed E-state index contributed by atoms with van der Waals surface area (Å²) in [4.78, 5) is 7.81. The van der Waals surface area contributed by atoms with E-state index in [-0.39, 0.29) is 0 Å². The second-order valence-electron chi connectivity index (χ2n) is 5.24. The predicted molar refractivity (Wildman–Crippen MR) is 92.6 cm³/mol. The Kier molecular flexibility index (Phi) is 6.27. The van der Waals surface area contributed by atoms with Crippen LogP contribution in [-0.2, 0) is 11.2 Å². The van der Waals surface area contributed by atoms with Crippen molar-refractivity contribution in [3.63, 3.8) is 0 Å². The number of hydrogen-bond acceptors (Lipinski definition) is 2. The molecule has 1 heterocycles. The summed E-state index contributed by atoms with van der Waals surface area (Å²) in [6.07, 6.45) is 3.06. The lowest BCUT2D eigenvalue weighted by atomic mass is 10.1. The zero-order valence-corrected chi connectivity index (χ0v) is 13.7. The predicted octanol–water partition coefficient (Wildman–Crippen LogP) is 2.22. The molecule has 0 atom stereocenters. The molecule has 0 saturated carbocycles. The van der Waals surface area contributed by atoms with E-state index in [0.29, 0.717) is 13.2 Å². The Labute approximate surface area is 132 Å². The van der Waals surface area contributed by atoms with Gasteiger partial charge in [-0.1, -0.05) is 12.1 Å². The number of hydrogen-bond donors (Lipinski definition) is 3. The molecule has 120 valence electrons. The molecule has 0 spiro atoms. The van der Waals surface area contributed by atoms with Crippen LogP contribution in [0.2, 0.25) is 0 Å². The topological polar surface area (TPSA) is 61.4 Å². The summed E-state index contributed by atoms with van der Waals surface area (Å²) in [6, 6.07) is 6.36. The molecule has 0 unspecified atom stereocenters. The van der Waals surface area contributed by atoms with Gasteiger partial charge in [0, 0.05) is 37.3 Å². The number of methoxy groups -OCH3 is 1. The van der Waals surface area contributed by atoms with E-state index in [1.807, 2.05) is 0 Å². The number of ether oxygens (including phenoxy) is 1. The Morgan fingerprint density at radius 2 is 2.18 bits per heavy atom. The fraction of sp³-hybridized carbons (Fsp3) is 0.471. The lowest BCUT2D eigenvalue weighted by Gasteiger charge is -2.11. The lowest BCUT2D eigenvalue weighted by Crippen LogP contribution is -2.38. The summed E-state index contributed by atoms with van der Waals surface area (Å²) >= 11 is 0. The molecular weight excluding hydrogens is 276 g/mol. The Balaban J connectivity index is 1.94. The van der Waals surface area contributed by atoms with Crippen LogP contribution in [0.3, 0.4) is 0 Å². The van der Waals surface area contributed by atoms with Crippen molar-refractivity contribution in [2.45, 2.75) is 20.3 Å². The van der Waals surface area contributed by atoms with E-state index in [2.05, 4.69) is 58.9 Å². The monoisotopic (exact) mass is 302 g/mol. The highest BCUT2D eigenvalue weighted by Gasteiger charge is 2.06. The molecule has 1 aromatic heterocycles. The highest BCUT2D eigenvalue weighted by atomic mass is 16.5. The van der Waals surface area contributed by atoms with Gasteiger partial charge in [-0.3, -0.25) is 4.99 Å². The number of aryl methyl sites for hydroxylation is 1. The van der Waals surface area contributed by atoms with Gasteiger partial charge < -0.3 is 20.4 Å². The smallest absolute Gasteiger partial charge is 0.191 e.